The summed E-state index contributed by atoms with van der Waals surface area (Å²) in [6.45, 7) is 0. The summed E-state index contributed by atoms with van der Waals surface area (Å²) >= 11 is 0. The molecule has 0 saturated carbocycles. The highest BCUT2D eigenvalue weighted by molar-refractivity contribution is 6.20. The third kappa shape index (κ3) is 2.95. The Hall–Kier alpha value is -3.46. The predicted octanol–water partition coefficient (Wildman–Crippen LogP) is 5.29. The molecule has 3 aromatic carbocycles. The van der Waals surface area contributed by atoms with Gasteiger partial charge >= 0.3 is 0 Å². The fourth-order valence-electron chi connectivity index (χ4n) is 3.21. The van der Waals surface area contributed by atoms with Gasteiger partial charge in [-0.1, -0.05) is 78.9 Å². The number of rotatable bonds is 5. The molecule has 1 N–H and O–H groups in total. The van der Waals surface area contributed by atoms with Crippen molar-refractivity contribution in [1.82, 2.24) is 4.98 Å². The van der Waals surface area contributed by atoms with E-state index in [2.05, 4.69) is 4.98 Å². The van der Waals surface area contributed by atoms with E-state index < -0.39 is 0 Å². The monoisotopic (exact) mass is 339 g/mol. The number of benzene rings is 3. The SMILES string of the molecule is O=C(CC(=O)c1c(-c2ccccc2)[nH]c2ccccc12)c1ccccc1. The Morgan fingerprint density at radius 2 is 1.31 bits per heavy atom. The lowest BCUT2D eigenvalue weighted by Crippen LogP contribution is -2.09. The molecule has 0 aliphatic heterocycles. The molecule has 4 aromatic rings. The van der Waals surface area contributed by atoms with E-state index >= 15 is 0 Å². The number of hydrogen-bond acceptors (Lipinski definition) is 2. The van der Waals surface area contributed by atoms with E-state index in [1.807, 2.05) is 60.7 Å². The first-order chi connectivity index (χ1) is 12.7. The molecule has 0 aliphatic rings. The first kappa shape index (κ1) is 16.0. The first-order valence-electron chi connectivity index (χ1n) is 8.51. The average molecular weight is 339 g/mol. The van der Waals surface area contributed by atoms with Crippen LogP contribution in [0.4, 0.5) is 0 Å². The molecule has 0 amide bonds. The molecule has 0 spiro atoms. The number of H-pyrrole nitrogens is 1. The zero-order valence-corrected chi connectivity index (χ0v) is 14.1. The molecule has 0 aliphatic carbocycles. The number of nitrogens with one attached hydrogen (secondary N) is 1. The molecule has 0 radical (unpaired) electrons. The molecule has 0 atom stereocenters. The normalized spacial score (nSPS) is 10.8. The van der Waals surface area contributed by atoms with E-state index in [0.717, 1.165) is 22.2 Å². The van der Waals surface area contributed by atoms with Gasteiger partial charge in [0.2, 0.25) is 0 Å². The molecule has 1 heterocycles. The van der Waals surface area contributed by atoms with Crippen LogP contribution in [-0.2, 0) is 0 Å². The molecule has 3 nitrogen and oxygen atoms in total. The number of para-hydroxylation sites is 1. The van der Waals surface area contributed by atoms with Crippen LogP contribution in [-0.4, -0.2) is 16.6 Å². The minimum atomic E-state index is -0.171. The highest BCUT2D eigenvalue weighted by Gasteiger charge is 2.22. The maximum Gasteiger partial charge on any atom is 0.173 e. The summed E-state index contributed by atoms with van der Waals surface area (Å²) in [5.41, 5.74) is 3.72. The van der Waals surface area contributed by atoms with Crippen LogP contribution in [0.2, 0.25) is 0 Å². The predicted molar refractivity (Wildman–Crippen MR) is 103 cm³/mol. The second-order valence-corrected chi connectivity index (χ2v) is 6.18. The van der Waals surface area contributed by atoms with Gasteiger partial charge in [0.1, 0.15) is 0 Å². The molecule has 0 bridgehead atoms. The van der Waals surface area contributed by atoms with Crippen LogP contribution in [0.5, 0.6) is 0 Å². The number of aromatic amines is 1. The van der Waals surface area contributed by atoms with Crippen molar-refractivity contribution in [3.05, 3.63) is 96.1 Å². The van der Waals surface area contributed by atoms with Gasteiger partial charge in [0.25, 0.3) is 0 Å². The van der Waals surface area contributed by atoms with Crippen molar-refractivity contribution in [1.29, 1.82) is 0 Å². The third-order valence-electron chi connectivity index (χ3n) is 4.46. The fourth-order valence-corrected chi connectivity index (χ4v) is 3.21. The van der Waals surface area contributed by atoms with Crippen molar-refractivity contribution in [2.24, 2.45) is 0 Å². The minimum Gasteiger partial charge on any atom is -0.354 e. The number of Topliss-reactive ketones (excluding diaryl/α,β-unsaturated/α-hetero) is 2. The summed E-state index contributed by atoms with van der Waals surface area (Å²) in [5.74, 6) is -0.338. The van der Waals surface area contributed by atoms with E-state index in [0.29, 0.717) is 11.1 Å². The van der Waals surface area contributed by atoms with E-state index in [4.69, 9.17) is 0 Å². The summed E-state index contributed by atoms with van der Waals surface area (Å²) in [7, 11) is 0. The Bertz CT molecular complexity index is 1080. The Kier molecular flexibility index (Phi) is 4.20. The molecule has 3 heteroatoms. The quantitative estimate of drug-likeness (QED) is 0.397. The van der Waals surface area contributed by atoms with Crippen LogP contribution in [0.3, 0.4) is 0 Å². The van der Waals surface area contributed by atoms with E-state index in [1.165, 1.54) is 0 Å². The Balaban J connectivity index is 1.77. The van der Waals surface area contributed by atoms with Crippen LogP contribution in [0.25, 0.3) is 22.2 Å². The van der Waals surface area contributed by atoms with Crippen LogP contribution >= 0.6 is 0 Å². The van der Waals surface area contributed by atoms with Crippen LogP contribution < -0.4 is 0 Å². The summed E-state index contributed by atoms with van der Waals surface area (Å²) in [4.78, 5) is 28.9. The van der Waals surface area contributed by atoms with Gasteiger partial charge in [0.05, 0.1) is 17.7 Å². The van der Waals surface area contributed by atoms with Crippen molar-refractivity contribution in [2.45, 2.75) is 6.42 Å². The lowest BCUT2D eigenvalue weighted by Gasteiger charge is -2.05. The molecule has 26 heavy (non-hydrogen) atoms. The first-order valence-corrected chi connectivity index (χ1v) is 8.51. The van der Waals surface area contributed by atoms with Gasteiger partial charge in [-0.05, 0) is 11.6 Å². The zero-order valence-electron chi connectivity index (χ0n) is 14.1. The van der Waals surface area contributed by atoms with E-state index in [9.17, 15) is 9.59 Å². The van der Waals surface area contributed by atoms with Crippen LogP contribution in [0, 0.1) is 0 Å². The van der Waals surface area contributed by atoms with Gasteiger partial charge in [-0.3, -0.25) is 9.59 Å². The number of ketones is 2. The number of fused-ring (bicyclic) bond motifs is 1. The van der Waals surface area contributed by atoms with Gasteiger partial charge in [0, 0.05) is 16.5 Å². The smallest absolute Gasteiger partial charge is 0.173 e. The van der Waals surface area contributed by atoms with Crippen molar-refractivity contribution < 1.29 is 9.59 Å². The molecule has 126 valence electrons. The molecule has 0 fully saturated rings. The summed E-state index contributed by atoms with van der Waals surface area (Å²) in [6.07, 6.45) is -0.147. The molecular weight excluding hydrogens is 322 g/mol. The van der Waals surface area contributed by atoms with Gasteiger partial charge in [0.15, 0.2) is 11.6 Å². The highest BCUT2D eigenvalue weighted by Crippen LogP contribution is 2.31. The van der Waals surface area contributed by atoms with Crippen molar-refractivity contribution in [3.8, 4) is 11.3 Å². The second-order valence-electron chi connectivity index (χ2n) is 6.18. The van der Waals surface area contributed by atoms with E-state index in [1.54, 1.807) is 24.3 Å². The lowest BCUT2D eigenvalue weighted by atomic mass is 9.97. The molecule has 0 saturated heterocycles. The average Bonchev–Trinajstić information content (AvgIpc) is 3.09. The lowest BCUT2D eigenvalue weighted by molar-refractivity contribution is 0.0895. The molecule has 4 rings (SSSR count). The van der Waals surface area contributed by atoms with Gasteiger partial charge < -0.3 is 4.98 Å². The third-order valence-corrected chi connectivity index (χ3v) is 4.46. The Morgan fingerprint density at radius 1 is 0.692 bits per heavy atom. The molecule has 0 unspecified atom stereocenters. The zero-order chi connectivity index (χ0) is 17.9. The Morgan fingerprint density at radius 3 is 2.04 bits per heavy atom. The number of carbonyl (C=O) groups is 2. The highest BCUT2D eigenvalue weighted by atomic mass is 16.1. The summed E-state index contributed by atoms with van der Waals surface area (Å²) in [5, 5.41) is 0.845. The molecular formula is C23H17NO2. The fraction of sp³-hybridized carbons (Fsp3) is 0.0435. The minimum absolute atomic E-state index is 0.147. The largest absolute Gasteiger partial charge is 0.354 e. The maximum atomic E-state index is 13.1. The number of aromatic nitrogens is 1. The van der Waals surface area contributed by atoms with E-state index in [-0.39, 0.29) is 18.0 Å². The summed E-state index contributed by atoms with van der Waals surface area (Å²) < 4.78 is 0. The number of carbonyl (C=O) groups excluding carboxylic acids is 2. The van der Waals surface area contributed by atoms with Crippen molar-refractivity contribution >= 4 is 22.5 Å². The van der Waals surface area contributed by atoms with Crippen LogP contribution in [0.1, 0.15) is 27.1 Å². The Labute approximate surface area is 151 Å². The summed E-state index contributed by atoms with van der Waals surface area (Å²) in [6, 6.07) is 26.4. The number of hydrogen-bond donors (Lipinski definition) is 1. The van der Waals surface area contributed by atoms with Gasteiger partial charge in [-0.25, -0.2) is 0 Å². The van der Waals surface area contributed by atoms with Crippen molar-refractivity contribution in [2.75, 3.05) is 0 Å². The van der Waals surface area contributed by atoms with Gasteiger partial charge in [-0.15, -0.1) is 0 Å². The van der Waals surface area contributed by atoms with Crippen LogP contribution in [0.15, 0.2) is 84.9 Å². The van der Waals surface area contributed by atoms with Crippen molar-refractivity contribution in [3.63, 3.8) is 0 Å². The second kappa shape index (κ2) is 6.81. The topological polar surface area (TPSA) is 49.9 Å². The van der Waals surface area contributed by atoms with Gasteiger partial charge in [-0.2, -0.15) is 0 Å². The standard InChI is InChI=1S/C23H17NO2/c25-20(16-9-3-1-4-10-16)15-21(26)22-18-13-7-8-14-19(18)24-23(22)17-11-5-2-6-12-17/h1-14,24H,15H2. The maximum absolute atomic E-state index is 13.1. The molecule has 1 aromatic heterocycles.